The lowest BCUT2D eigenvalue weighted by atomic mass is 9.87. The molecule has 32 heavy (non-hydrogen) atoms. The van der Waals surface area contributed by atoms with Crippen molar-refractivity contribution in [1.29, 1.82) is 0 Å². The smallest absolute Gasteiger partial charge is 0.264 e. The number of thiocarbonyl (C=S) groups is 1. The number of nitrogens with zero attached hydrogens (tertiary/aromatic N) is 1. The van der Waals surface area contributed by atoms with Crippen LogP contribution in [-0.2, 0) is 14.9 Å². The van der Waals surface area contributed by atoms with Crippen LogP contribution in [0.15, 0.2) is 48.5 Å². The molecule has 0 bridgehead atoms. The third kappa shape index (κ3) is 6.77. The van der Waals surface area contributed by atoms with E-state index in [2.05, 4.69) is 31.4 Å². The van der Waals surface area contributed by atoms with E-state index in [1.165, 1.54) is 5.56 Å². The highest BCUT2D eigenvalue weighted by Gasteiger charge is 2.19. The zero-order valence-electron chi connectivity index (χ0n) is 18.6. The molecule has 2 N–H and O–H groups in total. The van der Waals surface area contributed by atoms with Crippen LogP contribution in [0, 0.1) is 0 Å². The number of carbonyl (C=O) groups is 2. The van der Waals surface area contributed by atoms with Crippen molar-refractivity contribution in [3.05, 3.63) is 59.7 Å². The average molecular weight is 456 g/mol. The third-order valence-corrected chi connectivity index (χ3v) is 5.21. The Morgan fingerprint density at radius 3 is 2.44 bits per heavy atom. The molecule has 2 aromatic rings. The fourth-order valence-electron chi connectivity index (χ4n) is 3.20. The number of morpholine rings is 1. The van der Waals surface area contributed by atoms with Crippen LogP contribution in [0.25, 0.3) is 0 Å². The van der Waals surface area contributed by atoms with Crippen LogP contribution >= 0.6 is 12.2 Å². The molecule has 0 aromatic heterocycles. The van der Waals surface area contributed by atoms with Crippen molar-refractivity contribution in [2.75, 3.05) is 38.2 Å². The zero-order chi connectivity index (χ0) is 23.1. The number of hydrogen-bond donors (Lipinski definition) is 2. The maximum atomic E-state index is 12.6. The average Bonchev–Trinajstić information content (AvgIpc) is 2.77. The molecule has 0 spiro atoms. The first-order valence-electron chi connectivity index (χ1n) is 10.5. The summed E-state index contributed by atoms with van der Waals surface area (Å²) in [6.45, 7) is 8.49. The van der Waals surface area contributed by atoms with Crippen molar-refractivity contribution >= 4 is 34.8 Å². The number of hydrogen-bond acceptors (Lipinski definition) is 5. The molecule has 0 radical (unpaired) electrons. The monoisotopic (exact) mass is 455 g/mol. The molecule has 1 aliphatic rings. The predicted octanol–water partition coefficient (Wildman–Crippen LogP) is 3.35. The summed E-state index contributed by atoms with van der Waals surface area (Å²) >= 11 is 5.22. The zero-order valence-corrected chi connectivity index (χ0v) is 19.5. The molecule has 0 aliphatic carbocycles. The quantitative estimate of drug-likeness (QED) is 0.673. The number of ether oxygens (including phenoxy) is 2. The molecule has 8 heteroatoms. The van der Waals surface area contributed by atoms with E-state index in [4.69, 9.17) is 21.7 Å². The standard InChI is InChI=1S/C24H29N3O4S/c1-24(2,3)18-7-9-20(10-8-18)31-16-21(28)26-23(32)25-19-6-4-5-17(15-19)22(29)27-11-13-30-14-12-27/h4-10,15H,11-14,16H2,1-3H3,(H2,25,26,28,32). The number of anilines is 1. The highest BCUT2D eigenvalue weighted by Crippen LogP contribution is 2.24. The van der Waals surface area contributed by atoms with E-state index in [-0.39, 0.29) is 28.9 Å². The van der Waals surface area contributed by atoms with Gasteiger partial charge in [0.15, 0.2) is 11.7 Å². The van der Waals surface area contributed by atoms with E-state index in [1.54, 1.807) is 29.2 Å². The summed E-state index contributed by atoms with van der Waals surface area (Å²) in [5.74, 6) is 0.182. The Bertz CT molecular complexity index is 964. The van der Waals surface area contributed by atoms with Crippen LogP contribution in [0.5, 0.6) is 5.75 Å². The SMILES string of the molecule is CC(C)(C)c1ccc(OCC(=O)NC(=S)Nc2cccc(C(=O)N3CCOCC3)c2)cc1. The molecule has 7 nitrogen and oxygen atoms in total. The van der Waals surface area contributed by atoms with Gasteiger partial charge in [-0.05, 0) is 53.5 Å². The van der Waals surface area contributed by atoms with Gasteiger partial charge in [-0.3, -0.25) is 14.9 Å². The Balaban J connectivity index is 1.48. The van der Waals surface area contributed by atoms with Crippen molar-refractivity contribution < 1.29 is 19.1 Å². The lowest BCUT2D eigenvalue weighted by molar-refractivity contribution is -0.121. The van der Waals surface area contributed by atoms with Crippen molar-refractivity contribution in [2.24, 2.45) is 0 Å². The molecule has 1 aliphatic heterocycles. The van der Waals surface area contributed by atoms with E-state index in [9.17, 15) is 9.59 Å². The second-order valence-electron chi connectivity index (χ2n) is 8.55. The Labute approximate surface area is 194 Å². The van der Waals surface area contributed by atoms with Crippen LogP contribution in [0.1, 0.15) is 36.7 Å². The summed E-state index contributed by atoms with van der Waals surface area (Å²) in [6, 6.07) is 14.7. The van der Waals surface area contributed by atoms with Gasteiger partial charge >= 0.3 is 0 Å². The topological polar surface area (TPSA) is 79.9 Å². The van der Waals surface area contributed by atoms with Gasteiger partial charge in [0.25, 0.3) is 11.8 Å². The Hall–Kier alpha value is -2.97. The number of carbonyl (C=O) groups excluding carboxylic acids is 2. The molecular weight excluding hydrogens is 426 g/mol. The van der Waals surface area contributed by atoms with Crippen LogP contribution < -0.4 is 15.4 Å². The summed E-state index contributed by atoms with van der Waals surface area (Å²) in [5, 5.41) is 5.67. The van der Waals surface area contributed by atoms with Crippen molar-refractivity contribution in [3.8, 4) is 5.75 Å². The fourth-order valence-corrected chi connectivity index (χ4v) is 3.44. The maximum Gasteiger partial charge on any atom is 0.264 e. The second-order valence-corrected chi connectivity index (χ2v) is 8.96. The Morgan fingerprint density at radius 1 is 1.09 bits per heavy atom. The van der Waals surface area contributed by atoms with E-state index >= 15 is 0 Å². The van der Waals surface area contributed by atoms with Crippen LogP contribution in [0.3, 0.4) is 0 Å². The van der Waals surface area contributed by atoms with Gasteiger partial charge in [0.1, 0.15) is 5.75 Å². The van der Waals surface area contributed by atoms with Crippen molar-refractivity contribution in [1.82, 2.24) is 10.2 Å². The second kappa shape index (κ2) is 10.6. The van der Waals surface area contributed by atoms with Crippen LogP contribution in [0.4, 0.5) is 5.69 Å². The van der Waals surface area contributed by atoms with Gasteiger partial charge in [-0.1, -0.05) is 39.0 Å². The molecule has 2 aromatic carbocycles. The summed E-state index contributed by atoms with van der Waals surface area (Å²) in [4.78, 5) is 26.6. The lowest BCUT2D eigenvalue weighted by Gasteiger charge is -2.27. The summed E-state index contributed by atoms with van der Waals surface area (Å²) in [6.07, 6.45) is 0. The molecule has 1 saturated heterocycles. The van der Waals surface area contributed by atoms with Crippen molar-refractivity contribution in [3.63, 3.8) is 0 Å². The molecule has 0 saturated carbocycles. The molecule has 1 heterocycles. The molecule has 3 rings (SSSR count). The van der Waals surface area contributed by atoms with Gasteiger partial charge in [0.2, 0.25) is 0 Å². The van der Waals surface area contributed by atoms with Gasteiger partial charge in [0, 0.05) is 24.3 Å². The first-order valence-corrected chi connectivity index (χ1v) is 10.9. The maximum absolute atomic E-state index is 12.6. The summed E-state index contributed by atoms with van der Waals surface area (Å²) in [5.41, 5.74) is 2.41. The molecule has 2 amide bonds. The number of rotatable bonds is 5. The number of amides is 2. The van der Waals surface area contributed by atoms with E-state index in [0.717, 1.165) is 0 Å². The molecule has 1 fully saturated rings. The summed E-state index contributed by atoms with van der Waals surface area (Å²) in [7, 11) is 0. The predicted molar refractivity (Wildman–Crippen MR) is 128 cm³/mol. The highest BCUT2D eigenvalue weighted by atomic mass is 32.1. The minimum atomic E-state index is -0.372. The van der Waals surface area contributed by atoms with Gasteiger partial charge < -0.3 is 19.7 Å². The molecule has 0 atom stereocenters. The molecular formula is C24H29N3O4S. The summed E-state index contributed by atoms with van der Waals surface area (Å²) < 4.78 is 10.8. The van der Waals surface area contributed by atoms with E-state index in [1.807, 2.05) is 24.3 Å². The normalized spacial score (nSPS) is 13.9. The van der Waals surface area contributed by atoms with Crippen LogP contribution in [-0.4, -0.2) is 54.7 Å². The van der Waals surface area contributed by atoms with E-state index in [0.29, 0.717) is 43.3 Å². The minimum Gasteiger partial charge on any atom is -0.484 e. The van der Waals surface area contributed by atoms with E-state index < -0.39 is 0 Å². The largest absolute Gasteiger partial charge is 0.484 e. The minimum absolute atomic E-state index is 0.0534. The highest BCUT2D eigenvalue weighted by molar-refractivity contribution is 7.80. The van der Waals surface area contributed by atoms with Gasteiger partial charge in [0.05, 0.1) is 13.2 Å². The first kappa shape index (κ1) is 23.7. The Kier molecular flexibility index (Phi) is 7.82. The van der Waals surface area contributed by atoms with Crippen LogP contribution in [0.2, 0.25) is 0 Å². The van der Waals surface area contributed by atoms with Gasteiger partial charge in [-0.2, -0.15) is 0 Å². The lowest BCUT2D eigenvalue weighted by Crippen LogP contribution is -2.40. The third-order valence-electron chi connectivity index (χ3n) is 5.01. The number of nitrogens with one attached hydrogen (secondary N) is 2. The van der Waals surface area contributed by atoms with Crippen molar-refractivity contribution in [2.45, 2.75) is 26.2 Å². The van der Waals surface area contributed by atoms with Gasteiger partial charge in [-0.15, -0.1) is 0 Å². The molecule has 0 unspecified atom stereocenters. The molecule has 170 valence electrons. The van der Waals surface area contributed by atoms with Gasteiger partial charge in [-0.25, -0.2) is 0 Å². The first-order chi connectivity index (χ1) is 15.2. The number of benzene rings is 2. The Morgan fingerprint density at radius 2 is 1.78 bits per heavy atom. The fraction of sp³-hybridized carbons (Fsp3) is 0.375.